The van der Waals surface area contributed by atoms with Gasteiger partial charge in [0.2, 0.25) is 5.91 Å². The molecule has 0 saturated heterocycles. The average Bonchev–Trinajstić information content (AvgIpc) is 2.96. The highest BCUT2D eigenvalue weighted by molar-refractivity contribution is 6.30. The van der Waals surface area contributed by atoms with Crippen molar-refractivity contribution in [2.24, 2.45) is 0 Å². The summed E-state index contributed by atoms with van der Waals surface area (Å²) in [4.78, 5) is 22.4. The Morgan fingerprint density at radius 3 is 2.70 bits per heavy atom. The summed E-state index contributed by atoms with van der Waals surface area (Å²) in [6.45, 7) is 1.99. The maximum absolute atomic E-state index is 11.8. The van der Waals surface area contributed by atoms with Crippen molar-refractivity contribution in [3.05, 3.63) is 41.2 Å². The number of hydrogen-bond donors (Lipinski definition) is 2. The van der Waals surface area contributed by atoms with Crippen LogP contribution < -0.4 is 10.1 Å². The van der Waals surface area contributed by atoms with Crippen LogP contribution in [0.5, 0.6) is 5.75 Å². The van der Waals surface area contributed by atoms with E-state index in [9.17, 15) is 9.59 Å². The summed E-state index contributed by atoms with van der Waals surface area (Å²) < 4.78 is 6.78. The van der Waals surface area contributed by atoms with Gasteiger partial charge < -0.3 is 15.2 Å². The topological polar surface area (TPSA) is 106 Å². The molecule has 0 aliphatic rings. The number of carboxylic acids is 1. The molecular formula is C14H15ClN4O4. The van der Waals surface area contributed by atoms with Gasteiger partial charge in [-0.2, -0.15) is 0 Å². The highest BCUT2D eigenvalue weighted by Crippen LogP contribution is 2.16. The molecule has 0 saturated carbocycles. The molecule has 1 aromatic carbocycles. The van der Waals surface area contributed by atoms with Crippen molar-refractivity contribution in [1.82, 2.24) is 20.3 Å². The molecule has 1 aromatic heterocycles. The number of amides is 1. The van der Waals surface area contributed by atoms with Crippen LogP contribution in [-0.4, -0.2) is 44.6 Å². The van der Waals surface area contributed by atoms with Gasteiger partial charge in [0.05, 0.1) is 12.7 Å². The Hall–Kier alpha value is -2.61. The van der Waals surface area contributed by atoms with E-state index in [1.54, 1.807) is 24.3 Å². The van der Waals surface area contributed by atoms with Gasteiger partial charge in [0.15, 0.2) is 5.69 Å². The lowest BCUT2D eigenvalue weighted by Crippen LogP contribution is -2.35. The van der Waals surface area contributed by atoms with Gasteiger partial charge in [0, 0.05) is 5.02 Å². The first-order chi connectivity index (χ1) is 10.9. The van der Waals surface area contributed by atoms with Crippen LogP contribution in [0.25, 0.3) is 0 Å². The fourth-order valence-corrected chi connectivity index (χ4v) is 1.85. The molecule has 0 aliphatic carbocycles. The average molecular weight is 339 g/mol. The van der Waals surface area contributed by atoms with Crippen LogP contribution in [0.1, 0.15) is 17.4 Å². The maximum atomic E-state index is 11.8. The highest BCUT2D eigenvalue weighted by Gasteiger charge is 2.11. The van der Waals surface area contributed by atoms with Crippen molar-refractivity contribution in [3.63, 3.8) is 0 Å². The first-order valence-electron chi connectivity index (χ1n) is 6.76. The molecule has 1 heterocycles. The van der Waals surface area contributed by atoms with E-state index in [0.717, 1.165) is 4.68 Å². The van der Waals surface area contributed by atoms with Gasteiger partial charge in [-0.1, -0.05) is 16.8 Å². The van der Waals surface area contributed by atoms with E-state index in [1.165, 1.54) is 6.20 Å². The second-order valence-corrected chi connectivity index (χ2v) is 5.23. The molecule has 2 rings (SSSR count). The summed E-state index contributed by atoms with van der Waals surface area (Å²) in [5.74, 6) is -0.862. The quantitative estimate of drug-likeness (QED) is 0.786. The molecule has 9 heteroatoms. The molecule has 2 N–H and O–H groups in total. The molecule has 0 radical (unpaired) electrons. The van der Waals surface area contributed by atoms with Crippen molar-refractivity contribution in [1.29, 1.82) is 0 Å². The largest absolute Gasteiger partial charge is 0.489 e. The Bertz CT molecular complexity index is 686. The summed E-state index contributed by atoms with van der Waals surface area (Å²) in [6, 6.07) is 6.91. The highest BCUT2D eigenvalue weighted by atomic mass is 35.5. The van der Waals surface area contributed by atoms with E-state index in [0.29, 0.717) is 17.3 Å². The Morgan fingerprint density at radius 1 is 1.39 bits per heavy atom. The van der Waals surface area contributed by atoms with Gasteiger partial charge in [0.25, 0.3) is 0 Å². The Morgan fingerprint density at radius 2 is 2.09 bits per heavy atom. The van der Waals surface area contributed by atoms with Gasteiger partial charge in [-0.15, -0.1) is 5.10 Å². The van der Waals surface area contributed by atoms with Crippen LogP contribution in [0.15, 0.2) is 30.5 Å². The molecule has 122 valence electrons. The van der Waals surface area contributed by atoms with Crippen molar-refractivity contribution in [2.75, 3.05) is 6.54 Å². The zero-order valence-electron chi connectivity index (χ0n) is 12.3. The molecule has 0 aliphatic heterocycles. The zero-order chi connectivity index (χ0) is 16.8. The molecule has 1 unspecified atom stereocenters. The second kappa shape index (κ2) is 7.59. The Labute approximate surface area is 137 Å². The number of aromatic nitrogens is 3. The lowest BCUT2D eigenvalue weighted by atomic mass is 10.3. The van der Waals surface area contributed by atoms with Crippen LogP contribution >= 0.6 is 11.6 Å². The van der Waals surface area contributed by atoms with Crippen LogP contribution in [0, 0.1) is 0 Å². The minimum absolute atomic E-state index is 0.117. The molecule has 8 nitrogen and oxygen atoms in total. The molecule has 2 aromatic rings. The first kappa shape index (κ1) is 16.8. The summed E-state index contributed by atoms with van der Waals surface area (Å²) in [5, 5.41) is 19.0. The van der Waals surface area contributed by atoms with Crippen LogP contribution in [0.3, 0.4) is 0 Å². The lowest BCUT2D eigenvalue weighted by Gasteiger charge is -2.15. The zero-order valence-corrected chi connectivity index (χ0v) is 13.0. The number of benzene rings is 1. The Balaban J connectivity index is 1.76. The van der Waals surface area contributed by atoms with E-state index < -0.39 is 5.97 Å². The fraction of sp³-hybridized carbons (Fsp3) is 0.286. The van der Waals surface area contributed by atoms with E-state index in [-0.39, 0.29) is 24.2 Å². The number of nitrogens with one attached hydrogen (secondary N) is 1. The van der Waals surface area contributed by atoms with Gasteiger partial charge in [-0.25, -0.2) is 9.48 Å². The van der Waals surface area contributed by atoms with Crippen LogP contribution in [0.4, 0.5) is 0 Å². The smallest absolute Gasteiger partial charge is 0.358 e. The molecule has 1 amide bonds. The van der Waals surface area contributed by atoms with Gasteiger partial charge in [0.1, 0.15) is 18.4 Å². The minimum Gasteiger partial charge on any atom is -0.489 e. The normalized spacial score (nSPS) is 11.7. The van der Waals surface area contributed by atoms with Crippen molar-refractivity contribution in [2.45, 2.75) is 19.6 Å². The molecule has 0 spiro atoms. The lowest BCUT2D eigenvalue weighted by molar-refractivity contribution is -0.122. The number of hydrogen-bond acceptors (Lipinski definition) is 5. The summed E-state index contributed by atoms with van der Waals surface area (Å²) >= 11 is 5.79. The number of carbonyl (C=O) groups excluding carboxylic acids is 1. The van der Waals surface area contributed by atoms with Gasteiger partial charge in [-0.05, 0) is 31.2 Å². The predicted molar refractivity (Wildman–Crippen MR) is 81.5 cm³/mol. The molecule has 0 bridgehead atoms. The number of carbonyl (C=O) groups is 2. The second-order valence-electron chi connectivity index (χ2n) is 4.79. The summed E-state index contributed by atoms with van der Waals surface area (Å²) in [5.41, 5.74) is -0.211. The fourth-order valence-electron chi connectivity index (χ4n) is 1.72. The van der Waals surface area contributed by atoms with Crippen molar-refractivity contribution in [3.8, 4) is 5.75 Å². The Kier molecular flexibility index (Phi) is 5.53. The molecule has 0 fully saturated rings. The number of carboxylic acid groups (broad SMARTS) is 1. The van der Waals surface area contributed by atoms with Gasteiger partial charge >= 0.3 is 5.97 Å². The number of halogens is 1. The third-order valence-corrected chi connectivity index (χ3v) is 3.05. The third kappa shape index (κ3) is 5.26. The SMILES string of the molecule is CC(CNC(=O)Cn1cc(C(=O)O)nn1)Oc1ccc(Cl)cc1. The van der Waals surface area contributed by atoms with Crippen LogP contribution in [0.2, 0.25) is 5.02 Å². The van der Waals surface area contributed by atoms with E-state index >= 15 is 0 Å². The maximum Gasteiger partial charge on any atom is 0.358 e. The number of nitrogens with zero attached hydrogens (tertiary/aromatic N) is 3. The summed E-state index contributed by atoms with van der Waals surface area (Å²) in [6.07, 6.45) is 0.945. The van der Waals surface area contributed by atoms with Crippen molar-refractivity contribution < 1.29 is 19.4 Å². The molecule has 23 heavy (non-hydrogen) atoms. The number of rotatable bonds is 7. The van der Waals surface area contributed by atoms with E-state index in [1.807, 2.05) is 6.92 Å². The standard InChI is InChI=1S/C14H15ClN4O4/c1-9(23-11-4-2-10(15)3-5-11)6-16-13(20)8-19-7-12(14(21)22)17-18-19/h2-5,7,9H,6,8H2,1H3,(H,16,20)(H,21,22). The minimum atomic E-state index is -1.19. The number of ether oxygens (including phenoxy) is 1. The van der Waals surface area contributed by atoms with E-state index in [4.69, 9.17) is 21.4 Å². The number of aromatic carboxylic acids is 1. The van der Waals surface area contributed by atoms with Crippen LogP contribution in [-0.2, 0) is 11.3 Å². The first-order valence-corrected chi connectivity index (χ1v) is 7.14. The summed E-state index contributed by atoms with van der Waals surface area (Å²) in [7, 11) is 0. The molecule has 1 atom stereocenters. The monoisotopic (exact) mass is 338 g/mol. The third-order valence-electron chi connectivity index (χ3n) is 2.80. The van der Waals surface area contributed by atoms with E-state index in [2.05, 4.69) is 15.6 Å². The van der Waals surface area contributed by atoms with Gasteiger partial charge in [-0.3, -0.25) is 4.79 Å². The predicted octanol–water partition coefficient (Wildman–Crippen LogP) is 1.21. The van der Waals surface area contributed by atoms with Crippen molar-refractivity contribution >= 4 is 23.5 Å². The molecular weight excluding hydrogens is 324 g/mol.